The number of benzene rings is 2. The minimum absolute atomic E-state index is 0.0490. The van der Waals surface area contributed by atoms with Crippen molar-refractivity contribution in [3.05, 3.63) is 48.0 Å². The molecule has 3 rings (SSSR count). The van der Waals surface area contributed by atoms with Gasteiger partial charge in [-0.15, -0.1) is 0 Å². The highest BCUT2D eigenvalue weighted by molar-refractivity contribution is 7.92. The lowest BCUT2D eigenvalue weighted by Gasteiger charge is -2.35. The highest BCUT2D eigenvalue weighted by Crippen LogP contribution is 2.35. The molecule has 2 aromatic carbocycles. The number of carbonyl (C=O) groups is 2. The van der Waals surface area contributed by atoms with Crippen molar-refractivity contribution in [3.8, 4) is 11.5 Å². The van der Waals surface area contributed by atoms with E-state index in [1.54, 1.807) is 36.1 Å². The summed E-state index contributed by atoms with van der Waals surface area (Å²) in [6, 6.07) is 11.2. The lowest BCUT2D eigenvalue weighted by molar-refractivity contribution is -0.131. The Labute approximate surface area is 206 Å². The van der Waals surface area contributed by atoms with Crippen molar-refractivity contribution in [1.29, 1.82) is 0 Å². The molecule has 1 aliphatic heterocycles. The highest BCUT2D eigenvalue weighted by Gasteiger charge is 2.33. The molecule has 0 aromatic heterocycles. The molecule has 11 heteroatoms. The predicted octanol–water partition coefficient (Wildman–Crippen LogP) is 2.51. The van der Waals surface area contributed by atoms with E-state index < -0.39 is 28.6 Å². The Morgan fingerprint density at radius 3 is 2.14 bits per heavy atom. The highest BCUT2D eigenvalue weighted by atomic mass is 32.2. The third-order valence-electron chi connectivity index (χ3n) is 5.70. The van der Waals surface area contributed by atoms with Gasteiger partial charge in [0.25, 0.3) is 10.0 Å². The quantitative estimate of drug-likeness (QED) is 0.543. The van der Waals surface area contributed by atoms with E-state index in [2.05, 4.69) is 0 Å². The number of nitrogens with zero attached hydrogens (tertiary/aromatic N) is 3. The van der Waals surface area contributed by atoms with Crippen molar-refractivity contribution in [2.45, 2.75) is 18.7 Å². The van der Waals surface area contributed by atoms with Crippen LogP contribution in [0.5, 0.6) is 11.5 Å². The van der Waals surface area contributed by atoms with Gasteiger partial charge in [-0.05, 0) is 38.1 Å². The molecule has 190 valence electrons. The zero-order valence-corrected chi connectivity index (χ0v) is 21.2. The molecular formula is C24H31N3O7S. The van der Waals surface area contributed by atoms with Gasteiger partial charge in [0.15, 0.2) is 0 Å². The fraction of sp³-hybridized carbons (Fsp3) is 0.417. The zero-order valence-electron chi connectivity index (χ0n) is 20.4. The molecule has 1 heterocycles. The summed E-state index contributed by atoms with van der Waals surface area (Å²) in [4.78, 5) is 28.4. The lowest BCUT2D eigenvalue weighted by atomic mass is 10.2. The second kappa shape index (κ2) is 11.3. The number of hydrogen-bond acceptors (Lipinski definition) is 7. The molecule has 0 aliphatic carbocycles. The van der Waals surface area contributed by atoms with Crippen molar-refractivity contribution >= 4 is 27.7 Å². The maximum atomic E-state index is 13.7. The molecular weight excluding hydrogens is 474 g/mol. The van der Waals surface area contributed by atoms with Crippen LogP contribution in [0.15, 0.2) is 47.4 Å². The molecule has 35 heavy (non-hydrogen) atoms. The second-order valence-electron chi connectivity index (χ2n) is 7.93. The van der Waals surface area contributed by atoms with Crippen LogP contribution < -0.4 is 13.8 Å². The Balaban J connectivity index is 1.92. The Morgan fingerprint density at radius 1 is 0.943 bits per heavy atom. The van der Waals surface area contributed by atoms with E-state index in [0.29, 0.717) is 18.8 Å². The van der Waals surface area contributed by atoms with Crippen LogP contribution in [0.4, 0.5) is 10.5 Å². The van der Waals surface area contributed by atoms with Crippen LogP contribution >= 0.6 is 0 Å². The lowest BCUT2D eigenvalue weighted by Crippen LogP contribution is -2.53. The Morgan fingerprint density at radius 2 is 1.57 bits per heavy atom. The van der Waals surface area contributed by atoms with Gasteiger partial charge in [-0.25, -0.2) is 13.2 Å². The average molecular weight is 506 g/mol. The summed E-state index contributed by atoms with van der Waals surface area (Å²) >= 11 is 0. The number of amides is 2. The van der Waals surface area contributed by atoms with Gasteiger partial charge in [0.05, 0.1) is 31.4 Å². The van der Waals surface area contributed by atoms with Gasteiger partial charge in [0.1, 0.15) is 18.0 Å². The molecule has 0 saturated carbocycles. The standard InChI is InChI=1S/C24H31N3O7S/c1-5-34-24(29)26-14-12-25(13-15-26)23(28)17-27(21-16-19(32-3)8-11-22(21)33-4)35(30,31)20-9-6-18(2)7-10-20/h6-11,16H,5,12-15,17H2,1-4H3. The number of carbonyl (C=O) groups excluding carboxylic acids is 2. The number of ether oxygens (including phenoxy) is 3. The molecule has 0 radical (unpaired) electrons. The summed E-state index contributed by atoms with van der Waals surface area (Å²) in [7, 11) is -1.23. The zero-order chi connectivity index (χ0) is 25.6. The topological polar surface area (TPSA) is 106 Å². The predicted molar refractivity (Wildman–Crippen MR) is 130 cm³/mol. The Hall–Kier alpha value is -3.47. The third kappa shape index (κ3) is 5.97. The number of methoxy groups -OCH3 is 2. The fourth-order valence-corrected chi connectivity index (χ4v) is 5.12. The summed E-state index contributed by atoms with van der Waals surface area (Å²) < 4.78 is 44.2. The molecule has 0 spiro atoms. The third-order valence-corrected chi connectivity index (χ3v) is 7.47. The number of hydrogen-bond donors (Lipinski definition) is 0. The van der Waals surface area contributed by atoms with Gasteiger partial charge in [-0.3, -0.25) is 9.10 Å². The molecule has 1 saturated heterocycles. The second-order valence-corrected chi connectivity index (χ2v) is 9.79. The summed E-state index contributed by atoms with van der Waals surface area (Å²) in [6.07, 6.45) is -0.427. The van der Waals surface area contributed by atoms with E-state index in [9.17, 15) is 18.0 Å². The smallest absolute Gasteiger partial charge is 0.409 e. The molecule has 0 bridgehead atoms. The van der Waals surface area contributed by atoms with Crippen LogP contribution in [0.25, 0.3) is 0 Å². The van der Waals surface area contributed by atoms with Crippen LogP contribution in [-0.2, 0) is 19.6 Å². The van der Waals surface area contributed by atoms with Crippen LogP contribution in [-0.4, -0.2) is 83.8 Å². The van der Waals surface area contributed by atoms with Crippen LogP contribution in [0.1, 0.15) is 12.5 Å². The molecule has 1 fully saturated rings. The van der Waals surface area contributed by atoms with Gasteiger partial charge in [-0.2, -0.15) is 0 Å². The maximum Gasteiger partial charge on any atom is 0.409 e. The van der Waals surface area contributed by atoms with Crippen molar-refractivity contribution in [2.75, 3.05) is 57.9 Å². The van der Waals surface area contributed by atoms with E-state index in [1.807, 2.05) is 6.92 Å². The minimum atomic E-state index is -4.13. The van der Waals surface area contributed by atoms with Gasteiger partial charge in [0.2, 0.25) is 5.91 Å². The Kier molecular flexibility index (Phi) is 8.44. The SMILES string of the molecule is CCOC(=O)N1CCN(C(=O)CN(c2cc(OC)ccc2OC)S(=O)(=O)c2ccc(C)cc2)CC1. The normalized spacial score (nSPS) is 13.8. The number of sulfonamides is 1. The van der Waals surface area contributed by atoms with Crippen molar-refractivity contribution in [3.63, 3.8) is 0 Å². The van der Waals surface area contributed by atoms with E-state index >= 15 is 0 Å². The fourth-order valence-electron chi connectivity index (χ4n) is 3.70. The van der Waals surface area contributed by atoms with E-state index in [4.69, 9.17) is 14.2 Å². The number of rotatable bonds is 8. The summed E-state index contributed by atoms with van der Waals surface area (Å²) in [5.41, 5.74) is 1.09. The molecule has 1 aliphatic rings. The van der Waals surface area contributed by atoms with Crippen LogP contribution in [0.3, 0.4) is 0 Å². The van der Waals surface area contributed by atoms with Gasteiger partial charge in [-0.1, -0.05) is 17.7 Å². The monoisotopic (exact) mass is 505 g/mol. The first kappa shape index (κ1) is 26.1. The molecule has 2 amide bonds. The molecule has 10 nitrogen and oxygen atoms in total. The first-order chi connectivity index (χ1) is 16.7. The largest absolute Gasteiger partial charge is 0.497 e. The van der Waals surface area contributed by atoms with Crippen LogP contribution in [0.2, 0.25) is 0 Å². The maximum absolute atomic E-state index is 13.7. The van der Waals surface area contributed by atoms with Crippen LogP contribution in [0, 0.1) is 6.92 Å². The van der Waals surface area contributed by atoms with Gasteiger partial charge in [0, 0.05) is 32.2 Å². The first-order valence-corrected chi connectivity index (χ1v) is 12.7. The molecule has 0 atom stereocenters. The van der Waals surface area contributed by atoms with E-state index in [0.717, 1.165) is 9.87 Å². The summed E-state index contributed by atoms with van der Waals surface area (Å²) in [6.45, 7) is 4.56. The molecule has 0 N–H and O–H groups in total. The number of piperazine rings is 1. The van der Waals surface area contributed by atoms with Crippen molar-refractivity contribution < 1.29 is 32.2 Å². The number of aryl methyl sites for hydroxylation is 1. The van der Waals surface area contributed by atoms with Gasteiger partial charge < -0.3 is 24.0 Å². The summed E-state index contributed by atoms with van der Waals surface area (Å²) in [5, 5.41) is 0. The van der Waals surface area contributed by atoms with Gasteiger partial charge >= 0.3 is 6.09 Å². The van der Waals surface area contributed by atoms with Crippen molar-refractivity contribution in [1.82, 2.24) is 9.80 Å². The number of anilines is 1. The van der Waals surface area contributed by atoms with E-state index in [-0.39, 0.29) is 36.0 Å². The van der Waals surface area contributed by atoms with E-state index in [1.165, 1.54) is 37.3 Å². The average Bonchev–Trinajstić information content (AvgIpc) is 2.87. The Bertz CT molecular complexity index is 1140. The summed E-state index contributed by atoms with van der Waals surface area (Å²) in [5.74, 6) is 0.302. The van der Waals surface area contributed by atoms with Crippen molar-refractivity contribution in [2.24, 2.45) is 0 Å². The molecule has 0 unspecified atom stereocenters. The molecule has 2 aromatic rings. The minimum Gasteiger partial charge on any atom is -0.497 e. The first-order valence-electron chi connectivity index (χ1n) is 11.2.